The molecule has 0 fully saturated rings. The van der Waals surface area contributed by atoms with E-state index in [1.165, 1.54) is 19.2 Å². The SMILES string of the molecule is CNC(=O)CNC(=O)COC(=O)CCS(=O)(=O)c1ccccc1. The fourth-order valence-corrected chi connectivity index (χ4v) is 2.74. The molecular formula is C14H18N2O6S. The molecule has 126 valence electrons. The number of benzene rings is 1. The first kappa shape index (κ1) is 18.6. The number of hydrogen-bond acceptors (Lipinski definition) is 6. The van der Waals surface area contributed by atoms with Crippen molar-refractivity contribution in [3.8, 4) is 0 Å². The van der Waals surface area contributed by atoms with Crippen molar-refractivity contribution in [2.45, 2.75) is 11.3 Å². The first-order valence-electron chi connectivity index (χ1n) is 6.76. The van der Waals surface area contributed by atoms with Gasteiger partial charge in [0.25, 0.3) is 5.91 Å². The van der Waals surface area contributed by atoms with Gasteiger partial charge in [0, 0.05) is 7.05 Å². The normalized spacial score (nSPS) is 10.7. The van der Waals surface area contributed by atoms with Crippen LogP contribution in [0.1, 0.15) is 6.42 Å². The third-order valence-electron chi connectivity index (χ3n) is 2.77. The third kappa shape index (κ3) is 6.92. The second-order valence-corrected chi connectivity index (χ2v) is 6.60. The highest BCUT2D eigenvalue weighted by atomic mass is 32.2. The Labute approximate surface area is 134 Å². The summed E-state index contributed by atoms with van der Waals surface area (Å²) < 4.78 is 28.6. The minimum atomic E-state index is -3.57. The molecule has 1 rings (SSSR count). The minimum absolute atomic E-state index is 0.121. The molecule has 2 amide bonds. The largest absolute Gasteiger partial charge is 0.456 e. The maximum Gasteiger partial charge on any atom is 0.307 e. The van der Waals surface area contributed by atoms with Crippen LogP contribution in [0.2, 0.25) is 0 Å². The molecule has 0 aliphatic rings. The predicted octanol–water partition coefficient (Wildman–Crippen LogP) is -0.744. The van der Waals surface area contributed by atoms with Crippen molar-refractivity contribution < 1.29 is 27.5 Å². The van der Waals surface area contributed by atoms with Crippen LogP contribution in [0.3, 0.4) is 0 Å². The van der Waals surface area contributed by atoms with E-state index >= 15 is 0 Å². The summed E-state index contributed by atoms with van der Waals surface area (Å²) in [5.74, 6) is -2.25. The summed E-state index contributed by atoms with van der Waals surface area (Å²) in [4.78, 5) is 33.8. The first-order valence-corrected chi connectivity index (χ1v) is 8.41. The highest BCUT2D eigenvalue weighted by Crippen LogP contribution is 2.11. The lowest BCUT2D eigenvalue weighted by atomic mass is 10.4. The van der Waals surface area contributed by atoms with Gasteiger partial charge in [0.2, 0.25) is 5.91 Å². The second kappa shape index (κ2) is 8.89. The fourth-order valence-electron chi connectivity index (χ4n) is 1.50. The number of carbonyl (C=O) groups excluding carboxylic acids is 3. The van der Waals surface area contributed by atoms with Crippen LogP contribution >= 0.6 is 0 Å². The molecule has 9 heteroatoms. The van der Waals surface area contributed by atoms with E-state index in [2.05, 4.69) is 15.4 Å². The highest BCUT2D eigenvalue weighted by Gasteiger charge is 2.17. The van der Waals surface area contributed by atoms with E-state index in [0.717, 1.165) is 0 Å². The number of carbonyl (C=O) groups is 3. The van der Waals surface area contributed by atoms with Crippen LogP contribution in [-0.4, -0.2) is 52.2 Å². The van der Waals surface area contributed by atoms with E-state index in [-0.39, 0.29) is 17.9 Å². The summed E-state index contributed by atoms with van der Waals surface area (Å²) >= 11 is 0. The summed E-state index contributed by atoms with van der Waals surface area (Å²) in [6.45, 7) is -0.795. The molecule has 2 N–H and O–H groups in total. The van der Waals surface area contributed by atoms with E-state index in [9.17, 15) is 22.8 Å². The average Bonchev–Trinajstić information content (AvgIpc) is 2.56. The number of nitrogens with one attached hydrogen (secondary N) is 2. The molecule has 0 radical (unpaired) electrons. The summed E-state index contributed by atoms with van der Waals surface area (Å²) in [6.07, 6.45) is -0.361. The number of hydrogen-bond donors (Lipinski definition) is 2. The van der Waals surface area contributed by atoms with Gasteiger partial charge in [-0.1, -0.05) is 18.2 Å². The Balaban J connectivity index is 2.35. The van der Waals surface area contributed by atoms with Gasteiger partial charge in [0.1, 0.15) is 0 Å². The molecule has 0 atom stereocenters. The molecule has 0 aromatic heterocycles. The zero-order chi connectivity index (χ0) is 17.3. The van der Waals surface area contributed by atoms with Gasteiger partial charge in [-0.2, -0.15) is 0 Å². The third-order valence-corrected chi connectivity index (χ3v) is 4.50. The van der Waals surface area contributed by atoms with Gasteiger partial charge in [0.05, 0.1) is 23.6 Å². The van der Waals surface area contributed by atoms with Gasteiger partial charge >= 0.3 is 5.97 Å². The molecule has 1 aromatic rings. The monoisotopic (exact) mass is 342 g/mol. The lowest BCUT2D eigenvalue weighted by Crippen LogP contribution is -2.37. The smallest absolute Gasteiger partial charge is 0.307 e. The maximum absolute atomic E-state index is 12.0. The Morgan fingerprint density at radius 1 is 1.09 bits per heavy atom. The molecule has 1 aromatic carbocycles. The standard InChI is InChI=1S/C14H18N2O6S/c1-15-12(17)9-16-13(18)10-22-14(19)7-8-23(20,21)11-5-3-2-4-6-11/h2-6H,7-10H2,1H3,(H,15,17)(H,16,18). The number of rotatable bonds is 8. The van der Waals surface area contributed by atoms with Crippen molar-refractivity contribution in [1.82, 2.24) is 10.6 Å². The molecule has 0 saturated carbocycles. The van der Waals surface area contributed by atoms with E-state index in [0.29, 0.717) is 0 Å². The summed E-state index contributed by atoms with van der Waals surface area (Å²) in [5.41, 5.74) is 0. The summed E-state index contributed by atoms with van der Waals surface area (Å²) in [5, 5.41) is 4.55. The quantitative estimate of drug-likeness (QED) is 0.601. The van der Waals surface area contributed by atoms with Gasteiger partial charge < -0.3 is 15.4 Å². The zero-order valence-electron chi connectivity index (χ0n) is 12.6. The molecule has 0 saturated heterocycles. The van der Waals surface area contributed by atoms with Crippen molar-refractivity contribution in [2.75, 3.05) is 26.0 Å². The lowest BCUT2D eigenvalue weighted by molar-refractivity contribution is -0.148. The number of likely N-dealkylation sites (N-methyl/N-ethyl adjacent to an activating group) is 1. The van der Waals surface area contributed by atoms with Crippen molar-refractivity contribution in [3.63, 3.8) is 0 Å². The molecule has 23 heavy (non-hydrogen) atoms. The molecule has 0 aliphatic carbocycles. The molecule has 8 nitrogen and oxygen atoms in total. The lowest BCUT2D eigenvalue weighted by Gasteiger charge is -2.06. The Hall–Kier alpha value is -2.42. The van der Waals surface area contributed by atoms with Crippen LogP contribution in [0, 0.1) is 0 Å². The van der Waals surface area contributed by atoms with Gasteiger partial charge in [-0.05, 0) is 12.1 Å². The fraction of sp³-hybridized carbons (Fsp3) is 0.357. The topological polar surface area (TPSA) is 119 Å². The maximum atomic E-state index is 12.0. The van der Waals surface area contributed by atoms with Gasteiger partial charge in [-0.25, -0.2) is 8.42 Å². The number of amides is 2. The molecule has 0 unspecified atom stereocenters. The zero-order valence-corrected chi connectivity index (χ0v) is 13.4. The number of esters is 1. The van der Waals surface area contributed by atoms with Crippen molar-refractivity contribution in [3.05, 3.63) is 30.3 Å². The second-order valence-electron chi connectivity index (χ2n) is 4.49. The highest BCUT2D eigenvalue weighted by molar-refractivity contribution is 7.91. The summed E-state index contributed by atoms with van der Waals surface area (Å²) in [6, 6.07) is 7.73. The van der Waals surface area contributed by atoms with Crippen LogP contribution in [0.25, 0.3) is 0 Å². The van der Waals surface area contributed by atoms with E-state index < -0.39 is 40.0 Å². The van der Waals surface area contributed by atoms with Crippen LogP contribution < -0.4 is 10.6 Å². The van der Waals surface area contributed by atoms with Crippen LogP contribution in [0.15, 0.2) is 35.2 Å². The minimum Gasteiger partial charge on any atom is -0.456 e. The summed E-state index contributed by atoms with van der Waals surface area (Å²) in [7, 11) is -2.15. The van der Waals surface area contributed by atoms with E-state index in [1.54, 1.807) is 18.2 Å². The Bertz CT molecular complexity index is 657. The first-order chi connectivity index (χ1) is 10.8. The molecule has 0 spiro atoms. The van der Waals surface area contributed by atoms with Gasteiger partial charge in [0.15, 0.2) is 16.4 Å². The Morgan fingerprint density at radius 3 is 2.35 bits per heavy atom. The molecular weight excluding hydrogens is 324 g/mol. The Morgan fingerprint density at radius 2 is 1.74 bits per heavy atom. The number of sulfone groups is 1. The molecule has 0 heterocycles. The Kier molecular flexibility index (Phi) is 7.20. The van der Waals surface area contributed by atoms with Crippen molar-refractivity contribution in [2.24, 2.45) is 0 Å². The van der Waals surface area contributed by atoms with Crippen molar-refractivity contribution in [1.29, 1.82) is 0 Å². The van der Waals surface area contributed by atoms with Crippen molar-refractivity contribution >= 4 is 27.6 Å². The van der Waals surface area contributed by atoms with Crippen LogP contribution in [0.5, 0.6) is 0 Å². The predicted molar refractivity (Wildman–Crippen MR) is 81.1 cm³/mol. The number of ether oxygens (including phenoxy) is 1. The van der Waals surface area contributed by atoms with Crippen LogP contribution in [-0.2, 0) is 29.0 Å². The van der Waals surface area contributed by atoms with Gasteiger partial charge in [-0.15, -0.1) is 0 Å². The van der Waals surface area contributed by atoms with Gasteiger partial charge in [-0.3, -0.25) is 14.4 Å². The van der Waals surface area contributed by atoms with E-state index in [4.69, 9.17) is 0 Å². The molecule has 0 aliphatic heterocycles. The molecule has 0 bridgehead atoms. The van der Waals surface area contributed by atoms with Crippen LogP contribution in [0.4, 0.5) is 0 Å². The van der Waals surface area contributed by atoms with E-state index in [1.807, 2.05) is 0 Å². The average molecular weight is 342 g/mol.